The molecule has 43 heavy (non-hydrogen) atoms. The predicted molar refractivity (Wildman–Crippen MR) is 145 cm³/mol. The number of hydrogen-bond acceptors (Lipinski definition) is 8. The number of carbonyl (C=O) groups is 5. The Labute approximate surface area is 243 Å². The molecule has 1 saturated heterocycles. The monoisotopic (exact) mass is 620 g/mol. The van der Waals surface area contributed by atoms with Gasteiger partial charge in [-0.3, -0.25) is 23.8 Å². The van der Waals surface area contributed by atoms with Crippen LogP contribution in [0, 0.1) is 5.82 Å². The van der Waals surface area contributed by atoms with Gasteiger partial charge in [-0.25, -0.2) is 14.0 Å². The van der Waals surface area contributed by atoms with Crippen LogP contribution in [0.3, 0.4) is 0 Å². The number of carbonyl (C=O) groups excluding carboxylic acids is 4. The largest absolute Gasteiger partial charge is 0.547 e. The van der Waals surface area contributed by atoms with Crippen molar-refractivity contribution in [1.82, 2.24) is 20.4 Å². The van der Waals surface area contributed by atoms with Crippen molar-refractivity contribution in [3.05, 3.63) is 64.5 Å². The molecule has 2 aromatic carbocycles. The highest BCUT2D eigenvalue weighted by Gasteiger charge is 2.41. The summed E-state index contributed by atoms with van der Waals surface area (Å²) in [5.74, 6) is -6.74. The number of fused-ring (bicyclic) bond motifs is 1. The number of benzene rings is 2. The summed E-state index contributed by atoms with van der Waals surface area (Å²) in [5.41, 5.74) is -0.343. The van der Waals surface area contributed by atoms with E-state index in [9.17, 15) is 52.8 Å². The van der Waals surface area contributed by atoms with Crippen molar-refractivity contribution in [3.63, 3.8) is 0 Å². The van der Waals surface area contributed by atoms with Crippen LogP contribution in [0.2, 0.25) is 0 Å². The Morgan fingerprint density at radius 3 is 2.53 bits per heavy atom. The zero-order chi connectivity index (χ0) is 31.6. The van der Waals surface area contributed by atoms with Crippen molar-refractivity contribution in [3.8, 4) is 5.75 Å². The third-order valence-electron chi connectivity index (χ3n) is 6.84. The van der Waals surface area contributed by atoms with E-state index in [4.69, 9.17) is 4.65 Å². The zero-order valence-corrected chi connectivity index (χ0v) is 23.5. The van der Waals surface area contributed by atoms with Crippen molar-refractivity contribution < 1.29 is 57.5 Å². The summed E-state index contributed by atoms with van der Waals surface area (Å²) in [7, 11) is -6.42. The lowest BCUT2D eigenvalue weighted by Gasteiger charge is -2.33. The molecular formula is C25H27BFN4O11P. The molecule has 15 nitrogen and oxygen atoms in total. The highest BCUT2D eigenvalue weighted by molar-refractivity contribution is 7.50. The average Bonchev–Trinajstić information content (AvgIpc) is 2.91. The van der Waals surface area contributed by atoms with Crippen molar-refractivity contribution >= 4 is 44.4 Å². The van der Waals surface area contributed by atoms with Crippen LogP contribution in [0.1, 0.15) is 40.0 Å². The first kappa shape index (κ1) is 31.6. The third-order valence-corrected chi connectivity index (χ3v) is 7.62. The van der Waals surface area contributed by atoms with Gasteiger partial charge in [0.25, 0.3) is 0 Å². The van der Waals surface area contributed by atoms with E-state index < -0.39 is 68.4 Å². The van der Waals surface area contributed by atoms with Gasteiger partial charge in [0.15, 0.2) is 0 Å². The number of urea groups is 1. The number of nitrogens with zero attached hydrogens (tertiary/aromatic N) is 2. The maximum Gasteiger partial charge on any atom is 0.547 e. The molecule has 0 spiro atoms. The van der Waals surface area contributed by atoms with Gasteiger partial charge >= 0.3 is 38.5 Å². The number of carboxylic acids is 1. The lowest BCUT2D eigenvalue weighted by atomic mass is 9.72. The molecule has 2 atom stereocenters. The zero-order valence-electron chi connectivity index (χ0n) is 22.6. The van der Waals surface area contributed by atoms with Gasteiger partial charge in [-0.1, -0.05) is 18.2 Å². The van der Waals surface area contributed by atoms with Crippen LogP contribution in [0.5, 0.6) is 5.75 Å². The molecule has 5 amide bonds. The minimum Gasteiger partial charge on any atom is -0.534 e. The number of rotatable bonds is 8. The van der Waals surface area contributed by atoms with Crippen LogP contribution in [0.4, 0.5) is 9.18 Å². The van der Waals surface area contributed by atoms with Gasteiger partial charge in [0.05, 0.1) is 17.7 Å². The Kier molecular flexibility index (Phi) is 9.20. The number of para-hydroxylation sites is 1. The van der Waals surface area contributed by atoms with E-state index in [1.807, 2.05) is 0 Å². The quantitative estimate of drug-likeness (QED) is 0.129. The Morgan fingerprint density at radius 2 is 1.88 bits per heavy atom. The van der Waals surface area contributed by atoms with Gasteiger partial charge in [0, 0.05) is 19.6 Å². The highest BCUT2D eigenvalue weighted by Crippen LogP contribution is 2.39. The first-order valence-electron chi connectivity index (χ1n) is 12.9. The lowest BCUT2D eigenvalue weighted by Crippen LogP contribution is -2.60. The molecule has 0 saturated carbocycles. The Balaban J connectivity index is 1.64. The van der Waals surface area contributed by atoms with Crippen LogP contribution in [-0.4, -0.2) is 92.1 Å². The SMILES string of the molecule is CCN1CCN(C(=O)N[C@@H](C(=O)N[C@H]2Cc3cccc(C(=O)O)c3OB2O)c2cc(F)cc(CP(=O)(O)O)c2)C(=O)C1=O. The molecule has 0 radical (unpaired) electrons. The Hall–Kier alpha value is -4.31. The fourth-order valence-corrected chi connectivity index (χ4v) is 5.48. The average molecular weight is 620 g/mol. The fourth-order valence-electron chi connectivity index (χ4n) is 4.83. The van der Waals surface area contributed by atoms with E-state index >= 15 is 0 Å². The van der Waals surface area contributed by atoms with E-state index in [0.29, 0.717) is 10.5 Å². The second-order valence-corrected chi connectivity index (χ2v) is 11.5. The molecule has 2 aromatic rings. The van der Waals surface area contributed by atoms with Crippen LogP contribution in [-0.2, 0) is 31.5 Å². The van der Waals surface area contributed by atoms with Crippen LogP contribution >= 0.6 is 7.60 Å². The minimum absolute atomic E-state index is 0.0289. The summed E-state index contributed by atoms with van der Waals surface area (Å²) in [4.78, 5) is 83.7. The molecular weight excluding hydrogens is 593 g/mol. The summed E-state index contributed by atoms with van der Waals surface area (Å²) in [6, 6.07) is 4.01. The van der Waals surface area contributed by atoms with Crippen LogP contribution < -0.4 is 15.3 Å². The van der Waals surface area contributed by atoms with Crippen LogP contribution in [0.15, 0.2) is 36.4 Å². The molecule has 4 rings (SSSR count). The Morgan fingerprint density at radius 1 is 1.16 bits per heavy atom. The number of aromatic carboxylic acids is 1. The summed E-state index contributed by atoms with van der Waals surface area (Å²) in [6.07, 6.45) is -0.994. The summed E-state index contributed by atoms with van der Waals surface area (Å²) >= 11 is 0. The topological polar surface area (TPSA) is 223 Å². The number of halogens is 1. The summed E-state index contributed by atoms with van der Waals surface area (Å²) < 4.78 is 31.5. The molecule has 2 aliphatic rings. The van der Waals surface area contributed by atoms with E-state index in [1.165, 1.54) is 23.1 Å². The summed E-state index contributed by atoms with van der Waals surface area (Å²) in [5, 5.41) is 24.7. The minimum atomic E-state index is -4.68. The van der Waals surface area contributed by atoms with Crippen molar-refractivity contribution in [2.24, 2.45) is 0 Å². The van der Waals surface area contributed by atoms with Gasteiger partial charge in [0.2, 0.25) is 5.91 Å². The van der Waals surface area contributed by atoms with Crippen LogP contribution in [0.25, 0.3) is 0 Å². The first-order valence-corrected chi connectivity index (χ1v) is 14.7. The van der Waals surface area contributed by atoms with Gasteiger partial charge in [-0.2, -0.15) is 0 Å². The van der Waals surface area contributed by atoms with E-state index in [0.717, 1.165) is 18.2 Å². The third kappa shape index (κ3) is 7.20. The first-order chi connectivity index (χ1) is 20.2. The van der Waals surface area contributed by atoms with Gasteiger partial charge in [-0.15, -0.1) is 0 Å². The predicted octanol–water partition coefficient (Wildman–Crippen LogP) is -0.217. The molecule has 228 valence electrons. The molecule has 2 aliphatic heterocycles. The smallest absolute Gasteiger partial charge is 0.534 e. The van der Waals surface area contributed by atoms with Gasteiger partial charge in [0.1, 0.15) is 17.6 Å². The highest BCUT2D eigenvalue weighted by atomic mass is 31.2. The number of hydrogen-bond donors (Lipinski definition) is 6. The molecule has 0 aromatic heterocycles. The fraction of sp³-hybridized carbons (Fsp3) is 0.320. The molecule has 0 aliphatic carbocycles. The summed E-state index contributed by atoms with van der Waals surface area (Å²) in [6.45, 7) is 1.69. The van der Waals surface area contributed by atoms with Gasteiger partial charge in [-0.05, 0) is 48.2 Å². The molecule has 18 heteroatoms. The van der Waals surface area contributed by atoms with E-state index in [2.05, 4.69) is 10.6 Å². The Bertz CT molecular complexity index is 1540. The van der Waals surface area contributed by atoms with Crippen molar-refractivity contribution in [1.29, 1.82) is 0 Å². The number of carboxylic acid groups (broad SMARTS) is 1. The lowest BCUT2D eigenvalue weighted by molar-refractivity contribution is -0.153. The number of amides is 5. The van der Waals surface area contributed by atoms with E-state index in [1.54, 1.807) is 6.92 Å². The van der Waals surface area contributed by atoms with Crippen molar-refractivity contribution in [2.75, 3.05) is 19.6 Å². The molecule has 6 N–H and O–H groups in total. The second kappa shape index (κ2) is 12.5. The molecule has 1 fully saturated rings. The number of nitrogens with one attached hydrogen (secondary N) is 2. The number of likely N-dealkylation sites (N-methyl/N-ethyl adjacent to an activating group) is 1. The normalized spacial score (nSPS) is 17.6. The standard InChI is InChI=1S/C25H27BFN4O11P/c1-2-30-6-7-31(23(34)22(30)33)25(37)29-19(15-8-13(9-16(27)10-15)12-43(39,40)41)21(32)28-18-11-14-4-3-5-17(24(35)36)20(14)42-26(18)38/h3-5,8-10,18-19,38H,2,6-7,11-12H2,1H3,(H,28,32)(H,29,37)(H,35,36)(H2,39,40,41)/t18-,19+/m0/s1. The van der Waals surface area contributed by atoms with Crippen molar-refractivity contribution in [2.45, 2.75) is 31.5 Å². The van der Waals surface area contributed by atoms with E-state index in [-0.39, 0.29) is 48.5 Å². The maximum absolute atomic E-state index is 14.6. The number of piperazine rings is 1. The molecule has 0 bridgehead atoms. The maximum atomic E-state index is 14.6. The second-order valence-electron chi connectivity index (χ2n) is 9.87. The molecule has 2 heterocycles. The number of imide groups is 1. The molecule has 0 unspecified atom stereocenters. The van der Waals surface area contributed by atoms with Gasteiger partial charge < -0.3 is 40.1 Å².